The number of nitrogens with zero attached hydrogens (tertiary/aromatic N) is 3. The molecule has 3 rings (SSSR count). The van der Waals surface area contributed by atoms with E-state index in [1.54, 1.807) is 13.1 Å². The largest absolute Gasteiger partial charge is 0.468 e. The number of hydrogen-bond acceptors (Lipinski definition) is 5. The van der Waals surface area contributed by atoms with Crippen LogP contribution in [0.3, 0.4) is 0 Å². The average molecular weight is 572 g/mol. The molecule has 1 atom stereocenters. The minimum atomic E-state index is -4.38. The van der Waals surface area contributed by atoms with Crippen LogP contribution >= 0.6 is 24.0 Å². The molecule has 182 valence electrons. The Hall–Kier alpha value is -1.34. The van der Waals surface area contributed by atoms with Crippen molar-refractivity contribution in [2.45, 2.75) is 57.0 Å². The van der Waals surface area contributed by atoms with Gasteiger partial charge in [-0.3, -0.25) is 4.99 Å². The third-order valence-electron chi connectivity index (χ3n) is 5.38. The fourth-order valence-electron chi connectivity index (χ4n) is 3.69. The number of ether oxygens (including phenoxy) is 3. The number of rotatable bonds is 7. The monoisotopic (exact) mass is 572 g/mol. The molecule has 0 aliphatic carbocycles. The van der Waals surface area contributed by atoms with Gasteiger partial charge in [0, 0.05) is 45.6 Å². The Bertz CT molecular complexity index is 693. The Morgan fingerprint density at radius 1 is 1.25 bits per heavy atom. The molecule has 2 fully saturated rings. The molecule has 11 heteroatoms. The standard InChI is InChI=1S/C21H31F3N4O3.HI/c1-25-20(27-13-16-5-6-19(26-12-16)31-15-21(22,23)24)28-9-7-17(8-10-28)30-14-18-4-2-3-11-29-18;/h5-6,12,17-18H,2-4,7-11,13-15H2,1H3,(H,25,27);1H. The van der Waals surface area contributed by atoms with Crippen LogP contribution in [-0.4, -0.2) is 74.2 Å². The van der Waals surface area contributed by atoms with Gasteiger partial charge in [-0.15, -0.1) is 24.0 Å². The highest BCUT2D eigenvalue weighted by Gasteiger charge is 2.28. The minimum absolute atomic E-state index is 0. The highest BCUT2D eigenvalue weighted by molar-refractivity contribution is 14.0. The lowest BCUT2D eigenvalue weighted by Crippen LogP contribution is -2.47. The van der Waals surface area contributed by atoms with Crippen LogP contribution in [0.2, 0.25) is 0 Å². The van der Waals surface area contributed by atoms with Gasteiger partial charge in [0.15, 0.2) is 12.6 Å². The molecule has 0 amide bonds. The van der Waals surface area contributed by atoms with Crippen molar-refractivity contribution in [3.63, 3.8) is 0 Å². The van der Waals surface area contributed by atoms with Gasteiger partial charge in [0.1, 0.15) is 0 Å². The molecule has 2 aliphatic heterocycles. The van der Waals surface area contributed by atoms with Gasteiger partial charge in [-0.25, -0.2) is 4.98 Å². The van der Waals surface area contributed by atoms with E-state index in [9.17, 15) is 13.2 Å². The maximum atomic E-state index is 12.2. The second-order valence-corrected chi connectivity index (χ2v) is 7.82. The fraction of sp³-hybridized carbons (Fsp3) is 0.714. The third-order valence-corrected chi connectivity index (χ3v) is 5.38. The zero-order chi connectivity index (χ0) is 22.1. The maximum absolute atomic E-state index is 12.2. The number of likely N-dealkylation sites (tertiary alicyclic amines) is 1. The second kappa shape index (κ2) is 13.4. The maximum Gasteiger partial charge on any atom is 0.422 e. The van der Waals surface area contributed by atoms with E-state index >= 15 is 0 Å². The van der Waals surface area contributed by atoms with Gasteiger partial charge >= 0.3 is 6.18 Å². The fourth-order valence-corrected chi connectivity index (χ4v) is 3.69. The molecule has 32 heavy (non-hydrogen) atoms. The van der Waals surface area contributed by atoms with Crippen molar-refractivity contribution in [2.75, 3.05) is 40.0 Å². The Balaban J connectivity index is 0.00000363. The summed E-state index contributed by atoms with van der Waals surface area (Å²) in [5.41, 5.74) is 0.825. The molecule has 2 aliphatic rings. The molecule has 2 saturated heterocycles. The summed E-state index contributed by atoms with van der Waals surface area (Å²) < 4.78 is 53.0. The number of hydrogen-bond donors (Lipinski definition) is 1. The van der Waals surface area contributed by atoms with Gasteiger partial charge in [0.25, 0.3) is 0 Å². The first-order chi connectivity index (χ1) is 14.9. The topological polar surface area (TPSA) is 68.2 Å². The lowest BCUT2D eigenvalue weighted by molar-refractivity contribution is -0.154. The Labute approximate surface area is 204 Å². The molecule has 0 aromatic carbocycles. The van der Waals surface area contributed by atoms with E-state index in [2.05, 4.69) is 24.9 Å². The smallest absolute Gasteiger partial charge is 0.422 e. The van der Waals surface area contributed by atoms with Gasteiger partial charge in [-0.2, -0.15) is 13.2 Å². The van der Waals surface area contributed by atoms with Crippen molar-refractivity contribution in [3.05, 3.63) is 23.9 Å². The van der Waals surface area contributed by atoms with Crippen molar-refractivity contribution in [1.82, 2.24) is 15.2 Å². The molecule has 1 aromatic rings. The van der Waals surface area contributed by atoms with Crippen LogP contribution < -0.4 is 10.1 Å². The first-order valence-corrected chi connectivity index (χ1v) is 10.8. The number of aromatic nitrogens is 1. The number of alkyl halides is 3. The third kappa shape index (κ3) is 9.26. The second-order valence-electron chi connectivity index (χ2n) is 7.82. The van der Waals surface area contributed by atoms with Crippen LogP contribution in [0.25, 0.3) is 0 Å². The normalized spacial score (nSPS) is 20.6. The lowest BCUT2D eigenvalue weighted by atomic mass is 10.1. The summed E-state index contributed by atoms with van der Waals surface area (Å²) >= 11 is 0. The predicted molar refractivity (Wildman–Crippen MR) is 126 cm³/mol. The summed E-state index contributed by atoms with van der Waals surface area (Å²) in [4.78, 5) is 10.5. The van der Waals surface area contributed by atoms with E-state index in [1.807, 2.05) is 0 Å². The van der Waals surface area contributed by atoms with E-state index in [-0.39, 0.29) is 42.1 Å². The van der Waals surface area contributed by atoms with E-state index in [0.29, 0.717) is 13.2 Å². The summed E-state index contributed by atoms with van der Waals surface area (Å²) in [5, 5.41) is 3.28. The average Bonchev–Trinajstić information content (AvgIpc) is 2.78. The van der Waals surface area contributed by atoms with E-state index in [0.717, 1.165) is 56.9 Å². The van der Waals surface area contributed by atoms with E-state index < -0.39 is 12.8 Å². The molecule has 1 aromatic heterocycles. The first-order valence-electron chi connectivity index (χ1n) is 10.8. The molecule has 0 spiro atoms. The molecule has 1 unspecified atom stereocenters. The van der Waals surface area contributed by atoms with Gasteiger partial charge in [-0.1, -0.05) is 6.07 Å². The van der Waals surface area contributed by atoms with Crippen LogP contribution in [0.5, 0.6) is 5.88 Å². The van der Waals surface area contributed by atoms with Crippen LogP contribution in [0.15, 0.2) is 23.3 Å². The summed E-state index contributed by atoms with van der Waals surface area (Å²) in [6.45, 7) is 2.32. The van der Waals surface area contributed by atoms with Crippen molar-refractivity contribution in [2.24, 2.45) is 4.99 Å². The molecular formula is C21H32F3IN4O3. The van der Waals surface area contributed by atoms with E-state index in [4.69, 9.17) is 9.47 Å². The number of aliphatic imine (C=N–C) groups is 1. The quantitative estimate of drug-likeness (QED) is 0.305. The summed E-state index contributed by atoms with van der Waals surface area (Å²) in [7, 11) is 1.73. The lowest BCUT2D eigenvalue weighted by Gasteiger charge is -2.35. The number of pyridine rings is 1. The molecule has 7 nitrogen and oxygen atoms in total. The van der Waals surface area contributed by atoms with Gasteiger partial charge in [0.2, 0.25) is 5.88 Å². The zero-order valence-electron chi connectivity index (χ0n) is 18.3. The molecular weight excluding hydrogens is 540 g/mol. The minimum Gasteiger partial charge on any atom is -0.468 e. The zero-order valence-corrected chi connectivity index (χ0v) is 20.6. The van der Waals surface area contributed by atoms with Crippen LogP contribution in [-0.2, 0) is 16.0 Å². The molecule has 0 bridgehead atoms. The van der Waals surface area contributed by atoms with Gasteiger partial charge < -0.3 is 24.4 Å². The van der Waals surface area contributed by atoms with Gasteiger partial charge in [-0.05, 0) is 37.7 Å². The van der Waals surface area contributed by atoms with Crippen molar-refractivity contribution in [1.29, 1.82) is 0 Å². The Kier molecular flexibility index (Phi) is 11.3. The van der Waals surface area contributed by atoms with Crippen LogP contribution in [0.4, 0.5) is 13.2 Å². The van der Waals surface area contributed by atoms with Crippen LogP contribution in [0.1, 0.15) is 37.7 Å². The molecule has 3 heterocycles. The number of halogens is 4. The number of piperidine rings is 1. The summed E-state index contributed by atoms with van der Waals surface area (Å²) in [6.07, 6.45) is 2.91. The number of guanidine groups is 1. The SMILES string of the molecule is CN=C(NCc1ccc(OCC(F)(F)F)nc1)N1CCC(OCC2CCCCO2)CC1.I. The highest BCUT2D eigenvalue weighted by Crippen LogP contribution is 2.19. The Morgan fingerprint density at radius 2 is 2.03 bits per heavy atom. The highest BCUT2D eigenvalue weighted by atomic mass is 127. The number of nitrogens with one attached hydrogen (secondary N) is 1. The van der Waals surface area contributed by atoms with Crippen molar-refractivity contribution >= 4 is 29.9 Å². The van der Waals surface area contributed by atoms with Crippen molar-refractivity contribution in [3.8, 4) is 5.88 Å². The molecule has 0 saturated carbocycles. The van der Waals surface area contributed by atoms with Gasteiger partial charge in [0.05, 0.1) is 18.8 Å². The Morgan fingerprint density at radius 3 is 2.62 bits per heavy atom. The van der Waals surface area contributed by atoms with Crippen molar-refractivity contribution < 1.29 is 27.4 Å². The first kappa shape index (κ1) is 26.9. The summed E-state index contributed by atoms with van der Waals surface area (Å²) in [5.74, 6) is 0.734. The van der Waals surface area contributed by atoms with E-state index in [1.165, 1.54) is 18.7 Å². The predicted octanol–water partition coefficient (Wildman–Crippen LogP) is 3.77. The van der Waals surface area contributed by atoms with Crippen LogP contribution in [0, 0.1) is 0 Å². The summed E-state index contributed by atoms with van der Waals surface area (Å²) in [6, 6.07) is 3.12. The molecule has 0 radical (unpaired) electrons. The molecule has 1 N–H and O–H groups in total.